The third-order valence-electron chi connectivity index (χ3n) is 4.60. The van der Waals surface area contributed by atoms with Crippen LogP contribution < -0.4 is 5.56 Å². The molecule has 0 radical (unpaired) electrons. The molecule has 0 aliphatic heterocycles. The highest BCUT2D eigenvalue weighted by Crippen LogP contribution is 2.24. The van der Waals surface area contributed by atoms with E-state index >= 15 is 0 Å². The molecule has 0 atom stereocenters. The smallest absolute Gasteiger partial charge is 0.297 e. The Labute approximate surface area is 152 Å². The van der Waals surface area contributed by atoms with Gasteiger partial charge >= 0.3 is 0 Å². The number of imidazole rings is 1. The number of aromatic nitrogens is 4. The maximum absolute atomic E-state index is 12.9. The number of para-hydroxylation sites is 1. The molecule has 0 saturated carbocycles. The number of aryl methyl sites for hydroxylation is 1. The van der Waals surface area contributed by atoms with Crippen LogP contribution in [-0.4, -0.2) is 19.1 Å². The zero-order chi connectivity index (χ0) is 17.8. The van der Waals surface area contributed by atoms with Crippen molar-refractivity contribution in [3.63, 3.8) is 0 Å². The summed E-state index contributed by atoms with van der Waals surface area (Å²) in [5.74, 6) is 0.738. The quantitative estimate of drug-likeness (QED) is 0.478. The third kappa shape index (κ3) is 2.16. The first-order valence-electron chi connectivity index (χ1n) is 8.09. The SMILES string of the molecule is Cn1c(Cn2cnc3c(oc4ccccc43)c2=O)nc2cc(Cl)ccc21. The first-order valence-corrected chi connectivity index (χ1v) is 8.47. The second kappa shape index (κ2) is 5.44. The number of rotatable bonds is 2. The molecule has 0 saturated heterocycles. The molecule has 6 nitrogen and oxygen atoms in total. The summed E-state index contributed by atoms with van der Waals surface area (Å²) in [7, 11) is 1.91. The molecule has 0 aliphatic carbocycles. The molecule has 0 spiro atoms. The molecule has 3 heterocycles. The zero-order valence-electron chi connectivity index (χ0n) is 13.8. The van der Waals surface area contributed by atoms with Gasteiger partial charge in [-0.25, -0.2) is 9.97 Å². The Balaban J connectivity index is 1.66. The minimum Gasteiger partial charge on any atom is -0.448 e. The normalized spacial score (nSPS) is 11.8. The third-order valence-corrected chi connectivity index (χ3v) is 4.83. The maximum Gasteiger partial charge on any atom is 0.297 e. The van der Waals surface area contributed by atoms with Gasteiger partial charge in [-0.2, -0.15) is 0 Å². The molecule has 0 aliphatic rings. The first-order chi connectivity index (χ1) is 12.6. The Bertz CT molecular complexity index is 1360. The number of nitrogens with zero attached hydrogens (tertiary/aromatic N) is 4. The van der Waals surface area contributed by atoms with Crippen molar-refractivity contribution in [2.45, 2.75) is 6.54 Å². The number of fused-ring (bicyclic) bond motifs is 4. The lowest BCUT2D eigenvalue weighted by atomic mass is 10.2. The van der Waals surface area contributed by atoms with E-state index < -0.39 is 0 Å². The van der Waals surface area contributed by atoms with Crippen molar-refractivity contribution in [3.05, 3.63) is 70.0 Å². The van der Waals surface area contributed by atoms with E-state index in [1.165, 1.54) is 4.57 Å². The van der Waals surface area contributed by atoms with E-state index in [1.54, 1.807) is 6.33 Å². The lowest BCUT2D eigenvalue weighted by Gasteiger charge is -2.05. The molecule has 128 valence electrons. The van der Waals surface area contributed by atoms with E-state index in [9.17, 15) is 4.79 Å². The van der Waals surface area contributed by atoms with E-state index in [0.29, 0.717) is 22.7 Å². The Hall–Kier alpha value is -3.12. The largest absolute Gasteiger partial charge is 0.448 e. The van der Waals surface area contributed by atoms with Gasteiger partial charge in [0, 0.05) is 17.5 Å². The summed E-state index contributed by atoms with van der Waals surface area (Å²) in [5.41, 5.74) is 3.02. The fourth-order valence-electron chi connectivity index (χ4n) is 3.24. The number of halogens is 1. The van der Waals surface area contributed by atoms with Gasteiger partial charge in [0.1, 0.15) is 16.9 Å². The van der Waals surface area contributed by atoms with E-state index in [2.05, 4.69) is 9.97 Å². The topological polar surface area (TPSA) is 65.8 Å². The van der Waals surface area contributed by atoms with Crippen LogP contribution in [0.1, 0.15) is 5.82 Å². The Morgan fingerprint density at radius 2 is 2.04 bits per heavy atom. The number of furan rings is 1. The van der Waals surface area contributed by atoms with Crippen LogP contribution >= 0.6 is 11.6 Å². The minimum atomic E-state index is -0.226. The van der Waals surface area contributed by atoms with Gasteiger partial charge in [-0.3, -0.25) is 9.36 Å². The predicted octanol–water partition coefficient (Wildman–Crippen LogP) is 3.73. The minimum absolute atomic E-state index is 0.226. The van der Waals surface area contributed by atoms with Crippen LogP contribution in [0.25, 0.3) is 33.1 Å². The van der Waals surface area contributed by atoms with Crippen LogP contribution in [0.5, 0.6) is 0 Å². The lowest BCUT2D eigenvalue weighted by Crippen LogP contribution is -2.22. The van der Waals surface area contributed by atoms with Crippen molar-refractivity contribution in [1.29, 1.82) is 0 Å². The highest BCUT2D eigenvalue weighted by molar-refractivity contribution is 6.31. The summed E-state index contributed by atoms with van der Waals surface area (Å²) < 4.78 is 9.18. The van der Waals surface area contributed by atoms with Gasteiger partial charge in [0.2, 0.25) is 5.58 Å². The standard InChI is InChI=1S/C19H13ClN4O2/c1-23-14-7-6-11(20)8-13(14)22-16(23)9-24-10-21-17-12-4-2-3-5-15(12)26-18(17)19(24)25/h2-8,10H,9H2,1H3. The van der Waals surface area contributed by atoms with Crippen molar-refractivity contribution < 1.29 is 4.42 Å². The van der Waals surface area contributed by atoms with Crippen molar-refractivity contribution in [2.75, 3.05) is 0 Å². The molecule has 0 amide bonds. The van der Waals surface area contributed by atoms with Crippen LogP contribution in [0.4, 0.5) is 0 Å². The first kappa shape index (κ1) is 15.2. The molecule has 0 bridgehead atoms. The van der Waals surface area contributed by atoms with E-state index in [0.717, 1.165) is 22.2 Å². The average Bonchev–Trinajstić information content (AvgIpc) is 3.16. The van der Waals surface area contributed by atoms with Gasteiger partial charge in [0.15, 0.2) is 0 Å². The number of benzene rings is 2. The molecule has 2 aromatic carbocycles. The molecule has 7 heteroatoms. The monoisotopic (exact) mass is 364 g/mol. The van der Waals surface area contributed by atoms with Crippen molar-refractivity contribution >= 4 is 44.7 Å². The fourth-order valence-corrected chi connectivity index (χ4v) is 3.41. The van der Waals surface area contributed by atoms with Gasteiger partial charge in [-0.1, -0.05) is 23.7 Å². The predicted molar refractivity (Wildman–Crippen MR) is 101 cm³/mol. The average molecular weight is 365 g/mol. The van der Waals surface area contributed by atoms with Gasteiger partial charge < -0.3 is 8.98 Å². The molecule has 3 aromatic heterocycles. The molecular weight excluding hydrogens is 352 g/mol. The van der Waals surface area contributed by atoms with Crippen LogP contribution in [-0.2, 0) is 13.6 Å². The molecule has 26 heavy (non-hydrogen) atoms. The van der Waals surface area contributed by atoms with E-state index in [1.807, 2.05) is 54.1 Å². The molecular formula is C19H13ClN4O2. The highest BCUT2D eigenvalue weighted by Gasteiger charge is 2.15. The highest BCUT2D eigenvalue weighted by atomic mass is 35.5. The second-order valence-electron chi connectivity index (χ2n) is 6.17. The van der Waals surface area contributed by atoms with E-state index in [4.69, 9.17) is 16.0 Å². The van der Waals surface area contributed by atoms with Crippen LogP contribution in [0.2, 0.25) is 5.02 Å². The summed E-state index contributed by atoms with van der Waals surface area (Å²) in [6, 6.07) is 13.0. The molecule has 0 N–H and O–H groups in total. The Morgan fingerprint density at radius 3 is 2.92 bits per heavy atom. The fraction of sp³-hybridized carbons (Fsp3) is 0.105. The molecule has 0 fully saturated rings. The lowest BCUT2D eigenvalue weighted by molar-refractivity contribution is 0.630. The van der Waals surface area contributed by atoms with Gasteiger partial charge in [0.25, 0.3) is 5.56 Å². The summed E-state index contributed by atoms with van der Waals surface area (Å²) in [4.78, 5) is 21.9. The second-order valence-corrected chi connectivity index (χ2v) is 6.61. The van der Waals surface area contributed by atoms with Gasteiger partial charge in [-0.05, 0) is 30.3 Å². The zero-order valence-corrected chi connectivity index (χ0v) is 14.6. The summed E-state index contributed by atoms with van der Waals surface area (Å²) in [6.45, 7) is 0.293. The van der Waals surface area contributed by atoms with Crippen molar-refractivity contribution in [3.8, 4) is 0 Å². The molecule has 5 rings (SSSR count). The van der Waals surface area contributed by atoms with Crippen molar-refractivity contribution in [2.24, 2.45) is 7.05 Å². The van der Waals surface area contributed by atoms with Crippen LogP contribution in [0, 0.1) is 0 Å². The van der Waals surface area contributed by atoms with Crippen LogP contribution in [0.15, 0.2) is 58.0 Å². The van der Waals surface area contributed by atoms with Crippen LogP contribution in [0.3, 0.4) is 0 Å². The number of hydrogen-bond acceptors (Lipinski definition) is 4. The summed E-state index contributed by atoms with van der Waals surface area (Å²) >= 11 is 6.04. The molecule has 0 unspecified atom stereocenters. The van der Waals surface area contributed by atoms with E-state index in [-0.39, 0.29) is 11.1 Å². The maximum atomic E-state index is 12.9. The Kier molecular flexibility index (Phi) is 3.17. The van der Waals surface area contributed by atoms with Gasteiger partial charge in [0.05, 0.1) is 23.9 Å². The van der Waals surface area contributed by atoms with Gasteiger partial charge in [-0.15, -0.1) is 0 Å². The van der Waals surface area contributed by atoms with Crippen molar-refractivity contribution in [1.82, 2.24) is 19.1 Å². The summed E-state index contributed by atoms with van der Waals surface area (Å²) in [6.07, 6.45) is 1.54. The number of hydrogen-bond donors (Lipinski definition) is 0. The Morgan fingerprint density at radius 1 is 1.19 bits per heavy atom. The summed E-state index contributed by atoms with van der Waals surface area (Å²) in [5, 5.41) is 1.47. The molecule has 5 aromatic rings.